The highest BCUT2D eigenvalue weighted by Crippen LogP contribution is 2.18. The van der Waals surface area contributed by atoms with E-state index in [0.29, 0.717) is 13.0 Å². The lowest BCUT2D eigenvalue weighted by molar-refractivity contribution is 0.0544. The first-order valence-corrected chi connectivity index (χ1v) is 6.54. The molecule has 0 heterocycles. The smallest absolute Gasteiger partial charge is 0.338 e. The zero-order chi connectivity index (χ0) is 16.2. The van der Waals surface area contributed by atoms with Gasteiger partial charge < -0.3 is 19.8 Å². The second-order valence-corrected chi connectivity index (χ2v) is 5.55. The van der Waals surface area contributed by atoms with E-state index in [1.54, 1.807) is 20.9 Å². The second-order valence-electron chi connectivity index (χ2n) is 5.55. The lowest BCUT2D eigenvalue weighted by Gasteiger charge is -2.23. The van der Waals surface area contributed by atoms with Gasteiger partial charge in [0.25, 0.3) is 5.91 Å². The van der Waals surface area contributed by atoms with Crippen LogP contribution >= 0.6 is 0 Å². The van der Waals surface area contributed by atoms with Crippen molar-refractivity contribution >= 4 is 11.9 Å². The molecule has 6 nitrogen and oxygen atoms in total. The summed E-state index contributed by atoms with van der Waals surface area (Å²) in [7, 11) is 2.82. The molecule has 0 spiro atoms. The van der Waals surface area contributed by atoms with Gasteiger partial charge in [-0.25, -0.2) is 4.79 Å². The minimum atomic E-state index is -0.870. The minimum absolute atomic E-state index is 0.108. The Morgan fingerprint density at radius 3 is 2.33 bits per heavy atom. The molecule has 21 heavy (non-hydrogen) atoms. The van der Waals surface area contributed by atoms with Crippen molar-refractivity contribution in [2.45, 2.75) is 25.9 Å². The van der Waals surface area contributed by atoms with Crippen molar-refractivity contribution in [2.24, 2.45) is 0 Å². The average Bonchev–Trinajstić information content (AvgIpc) is 2.41. The van der Waals surface area contributed by atoms with Gasteiger partial charge in [-0.2, -0.15) is 0 Å². The number of benzene rings is 1. The predicted molar refractivity (Wildman–Crippen MR) is 77.3 cm³/mol. The molecule has 0 unspecified atom stereocenters. The quantitative estimate of drug-likeness (QED) is 0.802. The van der Waals surface area contributed by atoms with Gasteiger partial charge >= 0.3 is 5.97 Å². The summed E-state index contributed by atoms with van der Waals surface area (Å²) in [6.45, 7) is 3.68. The van der Waals surface area contributed by atoms with Crippen LogP contribution in [0.4, 0.5) is 0 Å². The fraction of sp³-hybridized carbons (Fsp3) is 0.467. The first-order chi connectivity index (χ1) is 9.64. The van der Waals surface area contributed by atoms with Gasteiger partial charge in [-0.1, -0.05) is 0 Å². The van der Waals surface area contributed by atoms with Gasteiger partial charge in [-0.15, -0.1) is 0 Å². The number of aliphatic hydroxyl groups is 1. The zero-order valence-corrected chi connectivity index (χ0v) is 12.7. The number of nitrogens with zero attached hydrogens (tertiary/aromatic N) is 1. The van der Waals surface area contributed by atoms with E-state index >= 15 is 0 Å². The Bertz CT molecular complexity index is 533. The third kappa shape index (κ3) is 5.07. The molecular formula is C15H21NO5. The lowest BCUT2D eigenvalue weighted by atomic mass is 10.0. The highest BCUT2D eigenvalue weighted by atomic mass is 16.5. The number of esters is 1. The summed E-state index contributed by atoms with van der Waals surface area (Å²) < 4.78 is 4.57. The van der Waals surface area contributed by atoms with Crippen molar-refractivity contribution in [2.75, 3.05) is 20.7 Å². The van der Waals surface area contributed by atoms with Crippen LogP contribution in [0.1, 0.15) is 41.0 Å². The SMILES string of the molecule is COC(=O)c1cc(O)cc(C(=O)N(C)CCC(C)(C)O)c1. The third-order valence-corrected chi connectivity index (χ3v) is 2.99. The predicted octanol–water partition coefficient (Wildman–Crippen LogP) is 1.41. The van der Waals surface area contributed by atoms with E-state index in [0.717, 1.165) is 0 Å². The minimum Gasteiger partial charge on any atom is -0.508 e. The average molecular weight is 295 g/mol. The van der Waals surface area contributed by atoms with Gasteiger partial charge in [-0.05, 0) is 38.5 Å². The molecule has 0 aliphatic rings. The standard InChI is InChI=1S/C15H21NO5/c1-15(2,20)5-6-16(3)13(18)10-7-11(14(19)21-4)9-12(17)8-10/h7-9,17,20H,5-6H2,1-4H3. The van der Waals surface area contributed by atoms with E-state index in [-0.39, 0.29) is 22.8 Å². The van der Waals surface area contributed by atoms with Crippen molar-refractivity contribution in [3.8, 4) is 5.75 Å². The third-order valence-electron chi connectivity index (χ3n) is 2.99. The summed E-state index contributed by atoms with van der Waals surface area (Å²) in [6.07, 6.45) is 0.415. The van der Waals surface area contributed by atoms with Gasteiger partial charge in [0.1, 0.15) is 5.75 Å². The Balaban J connectivity index is 2.91. The van der Waals surface area contributed by atoms with Crippen molar-refractivity contribution in [3.63, 3.8) is 0 Å². The molecule has 116 valence electrons. The number of hydrogen-bond acceptors (Lipinski definition) is 5. The second kappa shape index (κ2) is 6.58. The van der Waals surface area contributed by atoms with Crippen LogP contribution in [-0.2, 0) is 4.74 Å². The maximum absolute atomic E-state index is 12.3. The van der Waals surface area contributed by atoms with E-state index < -0.39 is 11.6 Å². The summed E-state index contributed by atoms with van der Waals surface area (Å²) in [6, 6.07) is 3.89. The fourth-order valence-electron chi connectivity index (χ4n) is 1.73. The van der Waals surface area contributed by atoms with E-state index in [1.807, 2.05) is 0 Å². The molecule has 0 bridgehead atoms. The molecule has 0 fully saturated rings. The summed E-state index contributed by atoms with van der Waals surface area (Å²) in [4.78, 5) is 25.2. The van der Waals surface area contributed by atoms with E-state index in [4.69, 9.17) is 0 Å². The zero-order valence-electron chi connectivity index (χ0n) is 12.7. The fourth-order valence-corrected chi connectivity index (χ4v) is 1.73. The van der Waals surface area contributed by atoms with Crippen LogP contribution in [0, 0.1) is 0 Å². The van der Waals surface area contributed by atoms with Crippen LogP contribution in [0.5, 0.6) is 5.75 Å². The van der Waals surface area contributed by atoms with Gasteiger partial charge in [0.05, 0.1) is 18.3 Å². The molecule has 6 heteroatoms. The van der Waals surface area contributed by atoms with Crippen molar-refractivity contribution in [1.29, 1.82) is 0 Å². The Morgan fingerprint density at radius 1 is 1.24 bits per heavy atom. The largest absolute Gasteiger partial charge is 0.508 e. The molecule has 0 saturated carbocycles. The number of amides is 1. The highest BCUT2D eigenvalue weighted by molar-refractivity contribution is 5.98. The Hall–Kier alpha value is -2.08. The topological polar surface area (TPSA) is 87.1 Å². The van der Waals surface area contributed by atoms with Crippen molar-refractivity contribution < 1.29 is 24.5 Å². The first-order valence-electron chi connectivity index (χ1n) is 6.54. The molecule has 0 radical (unpaired) electrons. The van der Waals surface area contributed by atoms with Gasteiger partial charge in [-0.3, -0.25) is 4.79 Å². The number of methoxy groups -OCH3 is 1. The highest BCUT2D eigenvalue weighted by Gasteiger charge is 2.19. The van der Waals surface area contributed by atoms with Crippen LogP contribution in [-0.4, -0.2) is 53.3 Å². The van der Waals surface area contributed by atoms with Crippen LogP contribution < -0.4 is 0 Å². The summed E-state index contributed by atoms with van der Waals surface area (Å²) in [5.74, 6) is -1.16. The number of aromatic hydroxyl groups is 1. The molecular weight excluding hydrogens is 274 g/mol. The Kier molecular flexibility index (Phi) is 5.32. The molecule has 1 rings (SSSR count). The first kappa shape index (κ1) is 17.0. The van der Waals surface area contributed by atoms with Gasteiger partial charge in [0.15, 0.2) is 0 Å². The number of ether oxygens (including phenoxy) is 1. The number of rotatable bonds is 5. The number of phenolic OH excluding ortho intramolecular Hbond substituents is 1. The normalized spacial score (nSPS) is 11.1. The molecule has 2 N–H and O–H groups in total. The molecule has 0 aromatic heterocycles. The van der Waals surface area contributed by atoms with Gasteiger partial charge in [0.2, 0.25) is 0 Å². The Morgan fingerprint density at radius 2 is 1.81 bits per heavy atom. The van der Waals surface area contributed by atoms with E-state index in [1.165, 1.54) is 30.2 Å². The number of carbonyl (C=O) groups is 2. The van der Waals surface area contributed by atoms with Crippen molar-refractivity contribution in [1.82, 2.24) is 4.90 Å². The summed E-state index contributed by atoms with van der Waals surface area (Å²) in [5.41, 5.74) is -0.574. The van der Waals surface area contributed by atoms with Crippen LogP contribution in [0.2, 0.25) is 0 Å². The number of phenols is 1. The van der Waals surface area contributed by atoms with Crippen LogP contribution in [0.3, 0.4) is 0 Å². The van der Waals surface area contributed by atoms with E-state index in [2.05, 4.69) is 4.74 Å². The molecule has 0 saturated heterocycles. The summed E-state index contributed by atoms with van der Waals surface area (Å²) in [5, 5.41) is 19.3. The van der Waals surface area contributed by atoms with Crippen LogP contribution in [0.25, 0.3) is 0 Å². The van der Waals surface area contributed by atoms with Crippen molar-refractivity contribution in [3.05, 3.63) is 29.3 Å². The maximum atomic E-state index is 12.3. The lowest BCUT2D eigenvalue weighted by Crippen LogP contribution is -2.32. The summed E-state index contributed by atoms with van der Waals surface area (Å²) >= 11 is 0. The number of carbonyl (C=O) groups excluding carboxylic acids is 2. The van der Waals surface area contributed by atoms with Gasteiger partial charge in [0, 0.05) is 19.2 Å². The molecule has 1 aromatic rings. The molecule has 1 amide bonds. The molecule has 0 atom stereocenters. The molecule has 0 aliphatic carbocycles. The maximum Gasteiger partial charge on any atom is 0.338 e. The molecule has 1 aromatic carbocycles. The number of hydrogen-bond donors (Lipinski definition) is 2. The monoisotopic (exact) mass is 295 g/mol. The van der Waals surface area contributed by atoms with E-state index in [9.17, 15) is 19.8 Å². The molecule has 0 aliphatic heterocycles. The van der Waals surface area contributed by atoms with Crippen LogP contribution in [0.15, 0.2) is 18.2 Å². The Labute approximate surface area is 124 Å².